The summed E-state index contributed by atoms with van der Waals surface area (Å²) in [7, 11) is 0. The van der Waals surface area contributed by atoms with Gasteiger partial charge in [-0.1, -0.05) is 26.0 Å². The van der Waals surface area contributed by atoms with Crippen LogP contribution in [0.2, 0.25) is 0 Å². The number of amides is 1. The van der Waals surface area contributed by atoms with Gasteiger partial charge in [-0.25, -0.2) is 19.4 Å². The average Bonchev–Trinajstić information content (AvgIpc) is 3.10. The minimum atomic E-state index is -0.200. The van der Waals surface area contributed by atoms with Crippen molar-refractivity contribution in [2.24, 2.45) is 5.92 Å². The largest absolute Gasteiger partial charge is 0.273 e. The lowest BCUT2D eigenvalue weighted by Crippen LogP contribution is -2.51. The van der Waals surface area contributed by atoms with Gasteiger partial charge in [-0.15, -0.1) is 11.3 Å². The zero-order valence-corrected chi connectivity index (χ0v) is 14.8. The van der Waals surface area contributed by atoms with Gasteiger partial charge in [-0.05, 0) is 36.5 Å². The number of aromatic nitrogens is 1. The van der Waals surface area contributed by atoms with E-state index in [9.17, 15) is 9.18 Å². The molecule has 0 bridgehead atoms. The number of nitrogens with zero attached hydrogens (tertiary/aromatic N) is 3. The quantitative estimate of drug-likeness (QED) is 0.837. The molecule has 1 amide bonds. The summed E-state index contributed by atoms with van der Waals surface area (Å²) in [6.07, 6.45) is 3.61. The normalized spacial score (nSPS) is 16.5. The molecule has 4 nitrogen and oxygen atoms in total. The highest BCUT2D eigenvalue weighted by atomic mass is 32.1. The molecule has 1 aromatic carbocycles. The third-order valence-corrected chi connectivity index (χ3v) is 5.15. The maximum atomic E-state index is 13.1. The number of hydrazine groups is 1. The van der Waals surface area contributed by atoms with Crippen LogP contribution in [0.3, 0.4) is 0 Å². The standard InChI is InChI=1S/C18H22FN3OS/c1-13(2)17(23)22(18-20-9-12-24-18)21-10-7-15(8-11-21)14-3-5-16(19)6-4-14/h3-6,9,12-13,15H,7-8,10-11H2,1-2H3. The van der Waals surface area contributed by atoms with Gasteiger partial charge >= 0.3 is 0 Å². The highest BCUT2D eigenvalue weighted by Gasteiger charge is 2.31. The van der Waals surface area contributed by atoms with E-state index in [4.69, 9.17) is 0 Å². The first-order valence-electron chi connectivity index (χ1n) is 8.30. The van der Waals surface area contributed by atoms with E-state index in [0.717, 1.165) is 31.1 Å². The third kappa shape index (κ3) is 3.65. The number of anilines is 1. The maximum Gasteiger partial charge on any atom is 0.246 e. The van der Waals surface area contributed by atoms with Crippen LogP contribution in [0.15, 0.2) is 35.8 Å². The first-order chi connectivity index (χ1) is 11.6. The second-order valence-corrected chi connectivity index (χ2v) is 7.27. The number of thiazole rings is 1. The summed E-state index contributed by atoms with van der Waals surface area (Å²) in [5.74, 6) is 0.205. The van der Waals surface area contributed by atoms with E-state index in [1.54, 1.807) is 11.2 Å². The van der Waals surface area contributed by atoms with E-state index in [0.29, 0.717) is 5.92 Å². The van der Waals surface area contributed by atoms with Crippen molar-refractivity contribution in [2.75, 3.05) is 18.1 Å². The summed E-state index contributed by atoms with van der Waals surface area (Å²) in [5, 5.41) is 6.47. The zero-order valence-electron chi connectivity index (χ0n) is 14.0. The van der Waals surface area contributed by atoms with Crippen LogP contribution in [-0.4, -0.2) is 29.0 Å². The maximum absolute atomic E-state index is 13.1. The van der Waals surface area contributed by atoms with Crippen molar-refractivity contribution in [1.82, 2.24) is 9.99 Å². The summed E-state index contributed by atoms with van der Waals surface area (Å²) in [6.45, 7) is 5.41. The number of piperidine rings is 1. The van der Waals surface area contributed by atoms with Crippen molar-refractivity contribution >= 4 is 22.4 Å². The minimum absolute atomic E-state index is 0.0742. The van der Waals surface area contributed by atoms with Crippen LogP contribution in [-0.2, 0) is 4.79 Å². The van der Waals surface area contributed by atoms with E-state index < -0.39 is 0 Å². The molecule has 0 radical (unpaired) electrons. The summed E-state index contributed by atoms with van der Waals surface area (Å²) >= 11 is 1.48. The summed E-state index contributed by atoms with van der Waals surface area (Å²) in [4.78, 5) is 17.0. The number of rotatable bonds is 4. The Bertz CT molecular complexity index is 664. The van der Waals surface area contributed by atoms with Crippen LogP contribution in [0.4, 0.5) is 9.52 Å². The van der Waals surface area contributed by atoms with Crippen molar-refractivity contribution in [2.45, 2.75) is 32.6 Å². The van der Waals surface area contributed by atoms with Gasteiger partial charge in [-0.2, -0.15) is 0 Å². The number of carbonyl (C=O) groups is 1. The highest BCUT2D eigenvalue weighted by molar-refractivity contribution is 7.13. The molecular formula is C18H22FN3OS. The van der Waals surface area contributed by atoms with Gasteiger partial charge in [-0.3, -0.25) is 4.79 Å². The van der Waals surface area contributed by atoms with Gasteiger partial charge in [0.2, 0.25) is 11.0 Å². The van der Waals surface area contributed by atoms with Crippen LogP contribution < -0.4 is 5.01 Å². The Morgan fingerprint density at radius 2 is 1.96 bits per heavy atom. The third-order valence-electron chi connectivity index (χ3n) is 4.40. The molecule has 0 N–H and O–H groups in total. The van der Waals surface area contributed by atoms with Crippen molar-refractivity contribution < 1.29 is 9.18 Å². The van der Waals surface area contributed by atoms with Gasteiger partial charge < -0.3 is 0 Å². The second kappa shape index (κ2) is 7.40. The van der Waals surface area contributed by atoms with Crippen LogP contribution in [0.1, 0.15) is 38.2 Å². The molecule has 1 fully saturated rings. The lowest BCUT2D eigenvalue weighted by molar-refractivity contribution is -0.124. The first kappa shape index (κ1) is 17.0. The lowest BCUT2D eigenvalue weighted by atomic mass is 9.90. The Balaban J connectivity index is 1.71. The van der Waals surface area contributed by atoms with Crippen LogP contribution in [0.25, 0.3) is 0 Å². The molecule has 2 aromatic rings. The van der Waals surface area contributed by atoms with Crippen LogP contribution >= 0.6 is 11.3 Å². The monoisotopic (exact) mass is 347 g/mol. The molecule has 0 unspecified atom stereocenters. The Labute approximate surface area is 145 Å². The smallest absolute Gasteiger partial charge is 0.246 e. The van der Waals surface area contributed by atoms with E-state index in [2.05, 4.69) is 9.99 Å². The molecular weight excluding hydrogens is 325 g/mol. The molecule has 128 valence electrons. The molecule has 0 aliphatic carbocycles. The molecule has 1 aliphatic heterocycles. The topological polar surface area (TPSA) is 36.4 Å². The molecule has 0 atom stereocenters. The Morgan fingerprint density at radius 3 is 2.50 bits per heavy atom. The number of carbonyl (C=O) groups excluding carboxylic acids is 1. The number of benzene rings is 1. The Hall–Kier alpha value is -1.79. The van der Waals surface area contributed by atoms with E-state index in [-0.39, 0.29) is 17.6 Å². The van der Waals surface area contributed by atoms with Gasteiger partial charge in [0.05, 0.1) is 0 Å². The molecule has 2 heterocycles. The minimum Gasteiger partial charge on any atom is -0.273 e. The fraction of sp³-hybridized carbons (Fsp3) is 0.444. The lowest BCUT2D eigenvalue weighted by Gasteiger charge is -2.39. The Kier molecular flexibility index (Phi) is 5.26. The average molecular weight is 347 g/mol. The highest BCUT2D eigenvalue weighted by Crippen LogP contribution is 2.31. The van der Waals surface area contributed by atoms with E-state index >= 15 is 0 Å². The van der Waals surface area contributed by atoms with E-state index in [1.807, 2.05) is 31.4 Å². The fourth-order valence-corrected chi connectivity index (χ4v) is 3.72. The van der Waals surface area contributed by atoms with Crippen LogP contribution in [0, 0.1) is 11.7 Å². The van der Waals surface area contributed by atoms with Crippen molar-refractivity contribution in [3.05, 3.63) is 47.2 Å². The molecule has 0 saturated carbocycles. The van der Waals surface area contributed by atoms with Crippen molar-refractivity contribution in [3.63, 3.8) is 0 Å². The predicted octanol–water partition coefficient (Wildman–Crippen LogP) is 4.07. The first-order valence-corrected chi connectivity index (χ1v) is 9.18. The van der Waals surface area contributed by atoms with Crippen molar-refractivity contribution in [1.29, 1.82) is 0 Å². The van der Waals surface area contributed by atoms with Gasteiger partial charge in [0, 0.05) is 30.6 Å². The van der Waals surface area contributed by atoms with Crippen LogP contribution in [0.5, 0.6) is 0 Å². The number of hydrogen-bond donors (Lipinski definition) is 0. The summed E-state index contributed by atoms with van der Waals surface area (Å²) < 4.78 is 13.1. The molecule has 6 heteroatoms. The van der Waals surface area contributed by atoms with Crippen molar-refractivity contribution in [3.8, 4) is 0 Å². The molecule has 3 rings (SSSR count). The number of hydrogen-bond acceptors (Lipinski definition) is 4. The predicted molar refractivity (Wildman–Crippen MR) is 94.4 cm³/mol. The fourth-order valence-electron chi connectivity index (χ4n) is 3.05. The molecule has 1 aromatic heterocycles. The Morgan fingerprint density at radius 1 is 1.29 bits per heavy atom. The summed E-state index contributed by atoms with van der Waals surface area (Å²) in [6, 6.07) is 6.78. The van der Waals surface area contributed by atoms with E-state index in [1.165, 1.54) is 29.0 Å². The van der Waals surface area contributed by atoms with Gasteiger partial charge in [0.25, 0.3) is 0 Å². The number of halogens is 1. The molecule has 1 aliphatic rings. The SMILES string of the molecule is CC(C)C(=O)N(c1nccs1)N1CCC(c2ccc(F)cc2)CC1. The molecule has 1 saturated heterocycles. The molecule has 0 spiro atoms. The molecule has 24 heavy (non-hydrogen) atoms. The second-order valence-electron chi connectivity index (χ2n) is 6.40. The van der Waals surface area contributed by atoms with Gasteiger partial charge in [0.15, 0.2) is 0 Å². The summed E-state index contributed by atoms with van der Waals surface area (Å²) in [5.41, 5.74) is 1.17. The zero-order chi connectivity index (χ0) is 17.1. The van der Waals surface area contributed by atoms with Gasteiger partial charge in [0.1, 0.15) is 5.82 Å².